The van der Waals surface area contributed by atoms with Crippen molar-refractivity contribution in [1.29, 1.82) is 0 Å². The van der Waals surface area contributed by atoms with E-state index in [1.165, 1.54) is 4.88 Å². The Balaban J connectivity index is 0.00000162. The SMILES string of the molecule is Cc1cnc(C(C)NC(=O)C2(C)CCNC2)s1.Cl.Cl. The number of nitrogens with zero attached hydrogens (tertiary/aromatic N) is 1. The van der Waals surface area contributed by atoms with Gasteiger partial charge in [-0.25, -0.2) is 4.98 Å². The molecule has 7 heteroatoms. The Labute approximate surface area is 130 Å². The lowest BCUT2D eigenvalue weighted by Crippen LogP contribution is -2.41. The highest BCUT2D eigenvalue weighted by atomic mass is 35.5. The van der Waals surface area contributed by atoms with Crippen LogP contribution in [0.2, 0.25) is 0 Å². The molecule has 1 fully saturated rings. The number of rotatable bonds is 3. The minimum atomic E-state index is -0.263. The normalized spacial score (nSPS) is 23.1. The van der Waals surface area contributed by atoms with E-state index in [0.29, 0.717) is 0 Å². The van der Waals surface area contributed by atoms with E-state index in [0.717, 1.165) is 24.5 Å². The third-order valence-corrected chi connectivity index (χ3v) is 4.37. The zero-order chi connectivity index (χ0) is 12.5. The summed E-state index contributed by atoms with van der Waals surface area (Å²) in [4.78, 5) is 17.7. The first-order valence-corrected chi connectivity index (χ1v) is 6.77. The van der Waals surface area contributed by atoms with E-state index in [1.54, 1.807) is 11.3 Å². The summed E-state index contributed by atoms with van der Waals surface area (Å²) in [6.45, 7) is 7.72. The second-order valence-electron chi connectivity index (χ2n) is 4.99. The Morgan fingerprint density at radius 1 is 1.58 bits per heavy atom. The molecular weight excluding hydrogens is 305 g/mol. The van der Waals surface area contributed by atoms with E-state index in [1.807, 2.05) is 27.0 Å². The van der Waals surface area contributed by atoms with Crippen molar-refractivity contribution in [3.63, 3.8) is 0 Å². The highest BCUT2D eigenvalue weighted by molar-refractivity contribution is 7.11. The maximum absolute atomic E-state index is 12.2. The van der Waals surface area contributed by atoms with Crippen LogP contribution in [0.5, 0.6) is 0 Å². The first kappa shape index (κ1) is 18.6. The number of aryl methyl sites for hydroxylation is 1. The third kappa shape index (κ3) is 4.31. The molecule has 1 aliphatic rings. The molecule has 1 aromatic rings. The highest BCUT2D eigenvalue weighted by Gasteiger charge is 2.36. The summed E-state index contributed by atoms with van der Waals surface area (Å²) in [7, 11) is 0. The molecule has 1 amide bonds. The summed E-state index contributed by atoms with van der Waals surface area (Å²) in [5.41, 5.74) is -0.263. The molecule has 0 bridgehead atoms. The van der Waals surface area contributed by atoms with Crippen LogP contribution in [0.15, 0.2) is 6.20 Å². The molecule has 2 atom stereocenters. The van der Waals surface area contributed by atoms with Crippen molar-refractivity contribution in [2.24, 2.45) is 5.41 Å². The number of carbonyl (C=O) groups is 1. The predicted octanol–water partition coefficient (Wildman–Crippen LogP) is 2.47. The van der Waals surface area contributed by atoms with E-state index in [2.05, 4.69) is 15.6 Å². The zero-order valence-corrected chi connectivity index (χ0v) is 13.8. The molecule has 110 valence electrons. The van der Waals surface area contributed by atoms with Crippen molar-refractivity contribution in [2.45, 2.75) is 33.2 Å². The van der Waals surface area contributed by atoms with Gasteiger partial charge in [0.25, 0.3) is 0 Å². The first-order chi connectivity index (χ1) is 8.01. The molecule has 2 unspecified atom stereocenters. The van der Waals surface area contributed by atoms with Crippen LogP contribution in [0.3, 0.4) is 0 Å². The van der Waals surface area contributed by atoms with Crippen molar-refractivity contribution in [1.82, 2.24) is 15.6 Å². The van der Waals surface area contributed by atoms with E-state index < -0.39 is 0 Å². The summed E-state index contributed by atoms with van der Waals surface area (Å²) in [6, 6.07) is -0.00127. The zero-order valence-electron chi connectivity index (χ0n) is 11.4. The van der Waals surface area contributed by atoms with Gasteiger partial charge in [-0.05, 0) is 33.7 Å². The van der Waals surface area contributed by atoms with Gasteiger partial charge >= 0.3 is 0 Å². The summed E-state index contributed by atoms with van der Waals surface area (Å²) >= 11 is 1.64. The molecular formula is C12H21Cl2N3OS. The molecule has 0 spiro atoms. The van der Waals surface area contributed by atoms with Gasteiger partial charge in [0.2, 0.25) is 5.91 Å². The second-order valence-corrected chi connectivity index (χ2v) is 6.26. The molecule has 1 aromatic heterocycles. The Kier molecular flexibility index (Phi) is 7.29. The number of thiazole rings is 1. The lowest BCUT2D eigenvalue weighted by molar-refractivity contribution is -0.129. The van der Waals surface area contributed by atoms with Gasteiger partial charge in [-0.15, -0.1) is 36.2 Å². The van der Waals surface area contributed by atoms with Crippen molar-refractivity contribution in [3.05, 3.63) is 16.1 Å². The van der Waals surface area contributed by atoms with Gasteiger partial charge in [-0.3, -0.25) is 4.79 Å². The van der Waals surface area contributed by atoms with E-state index in [-0.39, 0.29) is 42.2 Å². The number of hydrogen-bond acceptors (Lipinski definition) is 4. The van der Waals surface area contributed by atoms with Crippen LogP contribution in [-0.4, -0.2) is 24.0 Å². The van der Waals surface area contributed by atoms with Crippen LogP contribution in [-0.2, 0) is 4.79 Å². The highest BCUT2D eigenvalue weighted by Crippen LogP contribution is 2.26. The maximum Gasteiger partial charge on any atom is 0.227 e. The lowest BCUT2D eigenvalue weighted by atomic mass is 9.88. The molecule has 19 heavy (non-hydrogen) atoms. The van der Waals surface area contributed by atoms with Crippen LogP contribution in [0.25, 0.3) is 0 Å². The topological polar surface area (TPSA) is 54.0 Å². The molecule has 0 aromatic carbocycles. The number of halogens is 2. The maximum atomic E-state index is 12.2. The largest absolute Gasteiger partial charge is 0.347 e. The smallest absolute Gasteiger partial charge is 0.227 e. The van der Waals surface area contributed by atoms with Crippen molar-refractivity contribution >= 4 is 42.1 Å². The van der Waals surface area contributed by atoms with Crippen molar-refractivity contribution < 1.29 is 4.79 Å². The fraction of sp³-hybridized carbons (Fsp3) is 0.667. The molecule has 2 heterocycles. The van der Waals surface area contributed by atoms with Gasteiger partial charge in [0, 0.05) is 17.6 Å². The van der Waals surface area contributed by atoms with Crippen LogP contribution >= 0.6 is 36.2 Å². The quantitative estimate of drug-likeness (QED) is 0.897. The molecule has 0 radical (unpaired) electrons. The summed E-state index contributed by atoms with van der Waals surface area (Å²) in [6.07, 6.45) is 2.75. The van der Waals surface area contributed by atoms with E-state index in [9.17, 15) is 4.79 Å². The molecule has 1 saturated heterocycles. The molecule has 0 aliphatic carbocycles. The third-order valence-electron chi connectivity index (χ3n) is 3.27. The standard InChI is InChI=1S/C12H19N3OS.2ClH/c1-8-6-14-10(17-8)9(2)15-11(16)12(3)4-5-13-7-12;;/h6,9,13H,4-5,7H2,1-3H3,(H,15,16);2*1H. The van der Waals surface area contributed by atoms with Crippen LogP contribution < -0.4 is 10.6 Å². The fourth-order valence-corrected chi connectivity index (χ4v) is 2.79. The second kappa shape index (κ2) is 7.43. The van der Waals surface area contributed by atoms with E-state index in [4.69, 9.17) is 0 Å². The van der Waals surface area contributed by atoms with Crippen molar-refractivity contribution in [3.8, 4) is 0 Å². The predicted molar refractivity (Wildman–Crippen MR) is 83.5 cm³/mol. The van der Waals surface area contributed by atoms with Crippen LogP contribution in [0, 0.1) is 12.3 Å². The summed E-state index contributed by atoms with van der Waals surface area (Å²) in [5, 5.41) is 7.28. The van der Waals surface area contributed by atoms with Crippen LogP contribution in [0.4, 0.5) is 0 Å². The molecule has 0 saturated carbocycles. The molecule has 4 nitrogen and oxygen atoms in total. The molecule has 2 N–H and O–H groups in total. The number of carbonyl (C=O) groups excluding carboxylic acids is 1. The lowest BCUT2D eigenvalue weighted by Gasteiger charge is -2.23. The molecule has 2 rings (SSSR count). The van der Waals surface area contributed by atoms with Gasteiger partial charge in [0.05, 0.1) is 11.5 Å². The minimum Gasteiger partial charge on any atom is -0.347 e. The summed E-state index contributed by atoms with van der Waals surface area (Å²) in [5.74, 6) is 0.128. The average Bonchev–Trinajstić information content (AvgIpc) is 2.88. The first-order valence-electron chi connectivity index (χ1n) is 5.95. The Hall–Kier alpha value is -0.360. The van der Waals surface area contributed by atoms with Gasteiger partial charge < -0.3 is 10.6 Å². The Bertz CT molecular complexity index is 419. The van der Waals surface area contributed by atoms with Gasteiger partial charge in [-0.1, -0.05) is 0 Å². The van der Waals surface area contributed by atoms with Gasteiger partial charge in [0.15, 0.2) is 0 Å². The molecule has 1 aliphatic heterocycles. The number of hydrogen-bond donors (Lipinski definition) is 2. The number of amides is 1. The minimum absolute atomic E-state index is 0. The number of aromatic nitrogens is 1. The van der Waals surface area contributed by atoms with Gasteiger partial charge in [0.1, 0.15) is 5.01 Å². The summed E-state index contributed by atoms with van der Waals surface area (Å²) < 4.78 is 0. The van der Waals surface area contributed by atoms with E-state index >= 15 is 0 Å². The number of nitrogens with one attached hydrogen (secondary N) is 2. The fourth-order valence-electron chi connectivity index (χ4n) is 2.02. The monoisotopic (exact) mass is 325 g/mol. The van der Waals surface area contributed by atoms with Crippen molar-refractivity contribution in [2.75, 3.05) is 13.1 Å². The average molecular weight is 326 g/mol. The Morgan fingerprint density at radius 2 is 2.26 bits per heavy atom. The van der Waals surface area contributed by atoms with Gasteiger partial charge in [-0.2, -0.15) is 0 Å². The van der Waals surface area contributed by atoms with Crippen LogP contribution in [0.1, 0.15) is 36.2 Å². The Morgan fingerprint density at radius 3 is 2.74 bits per heavy atom.